The van der Waals surface area contributed by atoms with E-state index in [1.807, 2.05) is 6.92 Å². The van der Waals surface area contributed by atoms with Gasteiger partial charge in [0.05, 0.1) is 5.02 Å². The highest BCUT2D eigenvalue weighted by atomic mass is 35.5. The van der Waals surface area contributed by atoms with Crippen LogP contribution >= 0.6 is 11.6 Å². The molecule has 0 bridgehead atoms. The number of nitrogens with one attached hydrogen (secondary N) is 1. The molecule has 1 aromatic carbocycles. The molecule has 0 unspecified atom stereocenters. The van der Waals surface area contributed by atoms with Gasteiger partial charge >= 0.3 is 6.01 Å². The van der Waals surface area contributed by atoms with Gasteiger partial charge in [-0.1, -0.05) is 28.9 Å². The lowest BCUT2D eigenvalue weighted by Crippen LogP contribution is -1.98. The van der Waals surface area contributed by atoms with E-state index in [1.54, 1.807) is 12.1 Å². The smallest absolute Gasteiger partial charge is 0.321 e. The van der Waals surface area contributed by atoms with Crippen molar-refractivity contribution in [1.82, 2.24) is 10.1 Å². The van der Waals surface area contributed by atoms with Gasteiger partial charge in [0.2, 0.25) is 0 Å². The first-order valence-corrected chi connectivity index (χ1v) is 5.58. The zero-order valence-corrected chi connectivity index (χ0v) is 9.96. The third kappa shape index (κ3) is 2.74. The molecule has 0 saturated heterocycles. The third-order valence-electron chi connectivity index (χ3n) is 2.18. The van der Waals surface area contributed by atoms with Crippen LogP contribution in [0.4, 0.5) is 10.4 Å². The Balaban J connectivity index is 2.16. The SMILES string of the molecule is CCNc1nc(Cc2cccc(Cl)c2F)no1. The van der Waals surface area contributed by atoms with Gasteiger partial charge in [-0.3, -0.25) is 0 Å². The van der Waals surface area contributed by atoms with Gasteiger partial charge in [-0.2, -0.15) is 4.98 Å². The van der Waals surface area contributed by atoms with Gasteiger partial charge in [0.15, 0.2) is 5.82 Å². The summed E-state index contributed by atoms with van der Waals surface area (Å²) in [5.41, 5.74) is 0.446. The lowest BCUT2D eigenvalue weighted by atomic mass is 10.1. The number of hydrogen-bond donors (Lipinski definition) is 1. The Labute approximate surface area is 103 Å². The van der Waals surface area contributed by atoms with Crippen LogP contribution in [0, 0.1) is 5.82 Å². The Kier molecular flexibility index (Phi) is 3.58. The predicted molar refractivity (Wildman–Crippen MR) is 62.7 cm³/mol. The summed E-state index contributed by atoms with van der Waals surface area (Å²) in [6, 6.07) is 5.17. The maximum Gasteiger partial charge on any atom is 0.321 e. The molecular weight excluding hydrogens is 245 g/mol. The summed E-state index contributed by atoms with van der Waals surface area (Å²) in [4.78, 5) is 4.07. The van der Waals surface area contributed by atoms with E-state index >= 15 is 0 Å². The average molecular weight is 256 g/mol. The second-order valence-corrected chi connectivity index (χ2v) is 3.84. The second kappa shape index (κ2) is 5.14. The Bertz CT molecular complexity index is 515. The zero-order chi connectivity index (χ0) is 12.3. The van der Waals surface area contributed by atoms with Crippen molar-refractivity contribution in [2.45, 2.75) is 13.3 Å². The topological polar surface area (TPSA) is 51.0 Å². The quantitative estimate of drug-likeness (QED) is 0.913. The minimum atomic E-state index is -0.441. The molecule has 0 atom stereocenters. The van der Waals surface area contributed by atoms with Crippen LogP contribution in [0.3, 0.4) is 0 Å². The van der Waals surface area contributed by atoms with E-state index in [0.717, 1.165) is 0 Å². The number of aromatic nitrogens is 2. The summed E-state index contributed by atoms with van der Waals surface area (Å²) >= 11 is 5.68. The van der Waals surface area contributed by atoms with Crippen molar-refractivity contribution in [3.05, 3.63) is 40.4 Å². The van der Waals surface area contributed by atoms with Crippen molar-refractivity contribution in [3.63, 3.8) is 0 Å². The summed E-state index contributed by atoms with van der Waals surface area (Å²) in [6.07, 6.45) is 0.251. The normalized spacial score (nSPS) is 10.5. The molecule has 0 saturated carbocycles. The van der Waals surface area contributed by atoms with Crippen molar-refractivity contribution < 1.29 is 8.91 Å². The van der Waals surface area contributed by atoms with Crippen molar-refractivity contribution in [3.8, 4) is 0 Å². The van der Waals surface area contributed by atoms with Crippen LogP contribution in [0.5, 0.6) is 0 Å². The van der Waals surface area contributed by atoms with E-state index in [-0.39, 0.29) is 11.4 Å². The Hall–Kier alpha value is -1.62. The fourth-order valence-corrected chi connectivity index (χ4v) is 1.60. The number of nitrogens with zero attached hydrogens (tertiary/aromatic N) is 2. The lowest BCUT2D eigenvalue weighted by Gasteiger charge is -2.00. The molecule has 4 nitrogen and oxygen atoms in total. The van der Waals surface area contributed by atoms with Crippen molar-refractivity contribution >= 4 is 17.6 Å². The van der Waals surface area contributed by atoms with E-state index in [1.165, 1.54) is 6.07 Å². The highest BCUT2D eigenvalue weighted by Crippen LogP contribution is 2.20. The van der Waals surface area contributed by atoms with Gasteiger partial charge in [0.25, 0.3) is 0 Å². The number of anilines is 1. The highest BCUT2D eigenvalue weighted by molar-refractivity contribution is 6.30. The van der Waals surface area contributed by atoms with E-state index in [9.17, 15) is 4.39 Å². The monoisotopic (exact) mass is 255 g/mol. The molecule has 0 aliphatic heterocycles. The van der Waals surface area contributed by atoms with Crippen LogP contribution in [-0.2, 0) is 6.42 Å². The lowest BCUT2D eigenvalue weighted by molar-refractivity contribution is 0.424. The first-order valence-electron chi connectivity index (χ1n) is 5.20. The largest absolute Gasteiger partial charge is 0.338 e. The number of halogens is 2. The molecule has 0 radical (unpaired) electrons. The van der Waals surface area contributed by atoms with Gasteiger partial charge < -0.3 is 9.84 Å². The van der Waals surface area contributed by atoms with Gasteiger partial charge in [0.1, 0.15) is 5.82 Å². The number of rotatable bonds is 4. The number of benzene rings is 1. The van der Waals surface area contributed by atoms with E-state index in [0.29, 0.717) is 23.9 Å². The van der Waals surface area contributed by atoms with Gasteiger partial charge in [-0.05, 0) is 18.6 Å². The van der Waals surface area contributed by atoms with Crippen LogP contribution in [-0.4, -0.2) is 16.7 Å². The molecule has 1 heterocycles. The molecule has 17 heavy (non-hydrogen) atoms. The minimum Gasteiger partial charge on any atom is -0.338 e. The molecule has 2 aromatic rings. The van der Waals surface area contributed by atoms with Crippen LogP contribution in [0.25, 0.3) is 0 Å². The summed E-state index contributed by atoms with van der Waals surface area (Å²) in [7, 11) is 0. The summed E-state index contributed by atoms with van der Waals surface area (Å²) in [5.74, 6) is -0.0221. The van der Waals surface area contributed by atoms with Crippen LogP contribution in [0.1, 0.15) is 18.3 Å². The second-order valence-electron chi connectivity index (χ2n) is 3.44. The first-order chi connectivity index (χ1) is 8.20. The summed E-state index contributed by atoms with van der Waals surface area (Å²) in [5, 5.41) is 6.72. The molecule has 0 aliphatic carbocycles. The molecule has 0 spiro atoms. The van der Waals surface area contributed by atoms with Gasteiger partial charge in [-0.25, -0.2) is 4.39 Å². The molecular formula is C11H11ClFN3O. The molecule has 1 N–H and O–H groups in total. The summed E-state index contributed by atoms with van der Waals surface area (Å²) < 4.78 is 18.5. The molecule has 1 aromatic heterocycles. The van der Waals surface area contributed by atoms with Crippen LogP contribution < -0.4 is 5.32 Å². The van der Waals surface area contributed by atoms with E-state index in [2.05, 4.69) is 15.5 Å². The fourth-order valence-electron chi connectivity index (χ4n) is 1.40. The maximum atomic E-state index is 13.6. The van der Waals surface area contributed by atoms with Crippen LogP contribution in [0.2, 0.25) is 5.02 Å². The van der Waals surface area contributed by atoms with Gasteiger partial charge in [0, 0.05) is 13.0 Å². The minimum absolute atomic E-state index is 0.0953. The standard InChI is InChI=1S/C11H11ClFN3O/c1-2-14-11-15-9(16-17-11)6-7-4-3-5-8(12)10(7)13/h3-5H,2,6H2,1H3,(H,14,15,16). The van der Waals surface area contributed by atoms with Crippen molar-refractivity contribution in [1.29, 1.82) is 0 Å². The zero-order valence-electron chi connectivity index (χ0n) is 9.20. The molecule has 6 heteroatoms. The highest BCUT2D eigenvalue weighted by Gasteiger charge is 2.11. The summed E-state index contributed by atoms with van der Waals surface area (Å²) in [6.45, 7) is 2.60. The number of hydrogen-bond acceptors (Lipinski definition) is 4. The van der Waals surface area contributed by atoms with E-state index in [4.69, 9.17) is 16.1 Å². The molecule has 0 fully saturated rings. The van der Waals surface area contributed by atoms with Gasteiger partial charge in [-0.15, -0.1) is 0 Å². The third-order valence-corrected chi connectivity index (χ3v) is 2.47. The maximum absolute atomic E-state index is 13.6. The molecule has 2 rings (SSSR count). The average Bonchev–Trinajstić information content (AvgIpc) is 2.73. The first kappa shape index (κ1) is 11.9. The molecule has 0 amide bonds. The van der Waals surface area contributed by atoms with Crippen LogP contribution in [0.15, 0.2) is 22.7 Å². The Morgan fingerprint density at radius 2 is 2.29 bits per heavy atom. The molecule has 90 valence electrons. The Morgan fingerprint density at radius 1 is 1.47 bits per heavy atom. The van der Waals surface area contributed by atoms with Crippen molar-refractivity contribution in [2.24, 2.45) is 0 Å². The fraction of sp³-hybridized carbons (Fsp3) is 0.273. The molecule has 0 aliphatic rings. The Morgan fingerprint density at radius 3 is 3.06 bits per heavy atom. The van der Waals surface area contributed by atoms with E-state index < -0.39 is 5.82 Å². The predicted octanol–water partition coefficient (Wildman–Crippen LogP) is 2.88. The van der Waals surface area contributed by atoms with Crippen molar-refractivity contribution in [2.75, 3.05) is 11.9 Å².